The molecule has 0 atom stereocenters. The van der Waals surface area contributed by atoms with Crippen molar-refractivity contribution in [3.05, 3.63) is 52.3 Å². The largest absolute Gasteiger partial charge is 0.497 e. The van der Waals surface area contributed by atoms with Crippen LogP contribution in [0.4, 0.5) is 0 Å². The van der Waals surface area contributed by atoms with Gasteiger partial charge in [-0.25, -0.2) is 8.42 Å². The van der Waals surface area contributed by atoms with Crippen LogP contribution >= 0.6 is 11.3 Å². The second kappa shape index (κ2) is 8.51. The molecule has 0 spiro atoms. The number of aromatic nitrogens is 1. The number of carbonyl (C=O) groups excluding carboxylic acids is 1. The lowest BCUT2D eigenvalue weighted by Crippen LogP contribution is -2.14. The first-order valence-corrected chi connectivity index (χ1v) is 11.7. The molecule has 1 amide bonds. The average molecular weight is 433 g/mol. The molecule has 0 unspecified atom stereocenters. The fourth-order valence-electron chi connectivity index (χ4n) is 3.11. The summed E-state index contributed by atoms with van der Waals surface area (Å²) in [5.74, 6) is 0.184. The molecule has 0 saturated heterocycles. The highest BCUT2D eigenvalue weighted by Crippen LogP contribution is 2.23. The lowest BCUT2D eigenvalue weighted by Gasteiger charge is -2.05. The van der Waals surface area contributed by atoms with Crippen molar-refractivity contribution in [2.75, 3.05) is 12.9 Å². The molecule has 0 aliphatic carbocycles. The molecule has 0 radical (unpaired) electrons. The third kappa shape index (κ3) is 4.59. The Bertz CT molecular complexity index is 1220. The number of thiazole rings is 1. The smallest absolute Gasteiger partial charge is 0.248 e. The van der Waals surface area contributed by atoms with Crippen LogP contribution in [0.5, 0.6) is 5.75 Å². The Kier molecular flexibility index (Phi) is 6.24. The third-order valence-corrected chi connectivity index (χ3v) is 7.84. The van der Waals surface area contributed by atoms with Crippen LogP contribution in [0, 0.1) is 13.8 Å². The molecule has 0 fully saturated rings. The third-order valence-electron chi connectivity index (χ3n) is 4.93. The minimum Gasteiger partial charge on any atom is -0.497 e. The van der Waals surface area contributed by atoms with E-state index in [4.69, 9.17) is 4.74 Å². The number of hydrogen-bond acceptors (Lipinski definition) is 5. The number of hydrogen-bond donors (Lipinski definition) is 0. The zero-order valence-electron chi connectivity index (χ0n) is 16.9. The van der Waals surface area contributed by atoms with Gasteiger partial charge < -0.3 is 9.30 Å². The fraction of sp³-hybridized carbons (Fsp3) is 0.333. The highest BCUT2D eigenvalue weighted by atomic mass is 32.2. The van der Waals surface area contributed by atoms with Gasteiger partial charge in [0.1, 0.15) is 5.75 Å². The Morgan fingerprint density at radius 3 is 2.48 bits per heavy atom. The molecule has 154 valence electrons. The highest BCUT2D eigenvalue weighted by molar-refractivity contribution is 7.91. The van der Waals surface area contributed by atoms with Gasteiger partial charge in [-0.3, -0.25) is 4.79 Å². The summed E-state index contributed by atoms with van der Waals surface area (Å²) in [5.41, 5.74) is 3.43. The van der Waals surface area contributed by atoms with Gasteiger partial charge in [-0.05, 0) is 61.7 Å². The molecular formula is C21H24N2O4S2. The molecule has 2 aromatic carbocycles. The van der Waals surface area contributed by atoms with Crippen LogP contribution in [0.3, 0.4) is 0 Å². The number of sulfone groups is 1. The Morgan fingerprint density at radius 2 is 1.83 bits per heavy atom. The van der Waals surface area contributed by atoms with Crippen molar-refractivity contribution in [2.24, 2.45) is 12.0 Å². The van der Waals surface area contributed by atoms with E-state index in [1.807, 2.05) is 17.7 Å². The minimum absolute atomic E-state index is 0.0850. The zero-order chi connectivity index (χ0) is 21.2. The van der Waals surface area contributed by atoms with E-state index >= 15 is 0 Å². The van der Waals surface area contributed by atoms with E-state index in [0.29, 0.717) is 10.6 Å². The lowest BCUT2D eigenvalue weighted by atomic mass is 10.1. The summed E-state index contributed by atoms with van der Waals surface area (Å²) < 4.78 is 32.9. The maximum absolute atomic E-state index is 12.4. The first kappa shape index (κ1) is 21.3. The fourth-order valence-corrected chi connectivity index (χ4v) is 5.52. The molecule has 3 rings (SSSR count). The van der Waals surface area contributed by atoms with Crippen molar-refractivity contribution in [2.45, 2.75) is 31.6 Å². The van der Waals surface area contributed by atoms with E-state index in [1.54, 1.807) is 12.1 Å². The van der Waals surface area contributed by atoms with Crippen LogP contribution in [0.1, 0.15) is 24.0 Å². The Hall–Kier alpha value is -2.45. The molecule has 3 aromatic rings. The molecule has 0 aliphatic rings. The van der Waals surface area contributed by atoms with Crippen molar-refractivity contribution >= 4 is 37.3 Å². The summed E-state index contributed by atoms with van der Waals surface area (Å²) in [6.45, 7) is 4.11. The average Bonchev–Trinajstić information content (AvgIpc) is 3.00. The quantitative estimate of drug-likeness (QED) is 0.597. The Labute approximate surface area is 174 Å². The molecule has 1 heterocycles. The van der Waals surface area contributed by atoms with Crippen LogP contribution < -0.4 is 9.54 Å². The number of ether oxygens (including phenoxy) is 1. The summed E-state index contributed by atoms with van der Waals surface area (Å²) in [6, 6.07) is 10.3. The van der Waals surface area contributed by atoms with E-state index in [2.05, 4.69) is 24.9 Å². The SMILES string of the molecule is COc1ccc(S(=O)(=O)CCCC(=O)N=c2sc3ccc(C)c(C)c3n2C)cc1. The molecule has 0 bridgehead atoms. The molecule has 29 heavy (non-hydrogen) atoms. The molecule has 1 aromatic heterocycles. The number of nitrogens with zero attached hydrogens (tertiary/aromatic N) is 2. The van der Waals surface area contributed by atoms with Crippen molar-refractivity contribution in [1.29, 1.82) is 0 Å². The Balaban J connectivity index is 1.70. The van der Waals surface area contributed by atoms with Gasteiger partial charge in [0.25, 0.3) is 0 Å². The van der Waals surface area contributed by atoms with Crippen LogP contribution in [0.25, 0.3) is 10.2 Å². The molecule has 0 aliphatic heterocycles. The summed E-state index contributed by atoms with van der Waals surface area (Å²) in [4.78, 5) is 17.4. The number of rotatable bonds is 6. The maximum Gasteiger partial charge on any atom is 0.248 e. The van der Waals surface area contributed by atoms with Crippen molar-refractivity contribution < 1.29 is 17.9 Å². The van der Waals surface area contributed by atoms with E-state index < -0.39 is 9.84 Å². The van der Waals surface area contributed by atoms with Crippen LogP contribution in [-0.4, -0.2) is 31.8 Å². The Morgan fingerprint density at radius 1 is 1.14 bits per heavy atom. The van der Waals surface area contributed by atoms with Crippen LogP contribution in [-0.2, 0) is 21.7 Å². The van der Waals surface area contributed by atoms with E-state index in [0.717, 1.165) is 10.2 Å². The number of amides is 1. The van der Waals surface area contributed by atoms with E-state index in [1.165, 1.54) is 41.7 Å². The van der Waals surface area contributed by atoms with Crippen molar-refractivity contribution in [3.63, 3.8) is 0 Å². The molecule has 8 heteroatoms. The summed E-state index contributed by atoms with van der Waals surface area (Å²) >= 11 is 1.46. The molecule has 6 nitrogen and oxygen atoms in total. The van der Waals surface area contributed by atoms with Crippen LogP contribution in [0.15, 0.2) is 46.3 Å². The summed E-state index contributed by atoms with van der Waals surface area (Å²) in [6.07, 6.45) is 0.311. The van der Waals surface area contributed by atoms with Gasteiger partial charge in [-0.1, -0.05) is 17.4 Å². The second-order valence-electron chi connectivity index (χ2n) is 6.90. The summed E-state index contributed by atoms with van der Waals surface area (Å²) in [7, 11) is -0.0251. The van der Waals surface area contributed by atoms with Gasteiger partial charge in [0, 0.05) is 13.5 Å². The van der Waals surface area contributed by atoms with Crippen molar-refractivity contribution in [1.82, 2.24) is 4.57 Å². The first-order chi connectivity index (χ1) is 13.7. The van der Waals surface area contributed by atoms with Gasteiger partial charge in [-0.15, -0.1) is 0 Å². The summed E-state index contributed by atoms with van der Waals surface area (Å²) in [5, 5.41) is 0. The van der Waals surface area contributed by atoms with Gasteiger partial charge in [0.15, 0.2) is 14.6 Å². The predicted molar refractivity (Wildman–Crippen MR) is 115 cm³/mol. The standard InChI is InChI=1S/C21H24N2O4S2/c1-14-7-12-18-20(15(14)2)23(3)21(28-18)22-19(24)6-5-13-29(25,26)17-10-8-16(27-4)9-11-17/h7-12H,5-6,13H2,1-4H3. The van der Waals surface area contributed by atoms with Crippen LogP contribution in [0.2, 0.25) is 0 Å². The van der Waals surface area contributed by atoms with Gasteiger partial charge in [-0.2, -0.15) is 4.99 Å². The van der Waals surface area contributed by atoms with Gasteiger partial charge >= 0.3 is 0 Å². The van der Waals surface area contributed by atoms with Crippen molar-refractivity contribution in [3.8, 4) is 5.75 Å². The van der Waals surface area contributed by atoms with Gasteiger partial charge in [0.2, 0.25) is 5.91 Å². The molecule has 0 saturated carbocycles. The van der Waals surface area contributed by atoms with E-state index in [-0.39, 0.29) is 29.4 Å². The second-order valence-corrected chi connectivity index (χ2v) is 10.0. The minimum atomic E-state index is -3.44. The first-order valence-electron chi connectivity index (χ1n) is 9.23. The highest BCUT2D eigenvalue weighted by Gasteiger charge is 2.15. The topological polar surface area (TPSA) is 77.7 Å². The number of methoxy groups -OCH3 is 1. The normalized spacial score (nSPS) is 12.5. The number of carbonyl (C=O) groups is 1. The predicted octanol–water partition coefficient (Wildman–Crippen LogP) is 3.55. The van der Waals surface area contributed by atoms with Gasteiger partial charge in [0.05, 0.1) is 28.0 Å². The maximum atomic E-state index is 12.4. The monoisotopic (exact) mass is 432 g/mol. The number of benzene rings is 2. The number of fused-ring (bicyclic) bond motifs is 1. The number of aryl methyl sites for hydroxylation is 3. The van der Waals surface area contributed by atoms with E-state index in [9.17, 15) is 13.2 Å². The zero-order valence-corrected chi connectivity index (χ0v) is 18.6. The molecule has 0 N–H and O–H groups in total. The lowest BCUT2D eigenvalue weighted by molar-refractivity contribution is -0.118. The molecular weight excluding hydrogens is 408 g/mol.